The zero-order chi connectivity index (χ0) is 15.4. The lowest BCUT2D eigenvalue weighted by molar-refractivity contribution is 0.0459. The number of hydrogen-bond donors (Lipinski definition) is 3. The molecule has 0 saturated carbocycles. The second-order valence-electron chi connectivity index (χ2n) is 5.29. The summed E-state index contributed by atoms with van der Waals surface area (Å²) in [5.41, 5.74) is -0.485. The van der Waals surface area contributed by atoms with Crippen molar-refractivity contribution >= 4 is 15.7 Å². The van der Waals surface area contributed by atoms with E-state index in [0.29, 0.717) is 12.2 Å². The number of anilines is 1. The molecule has 0 aliphatic rings. The molecule has 0 heterocycles. The number of likely N-dealkylation sites (N-methyl/N-ethyl adjacent to an activating group) is 1. The molecule has 3 N–H and O–H groups in total. The van der Waals surface area contributed by atoms with Gasteiger partial charge in [-0.05, 0) is 40.2 Å². The maximum atomic E-state index is 11.9. The van der Waals surface area contributed by atoms with E-state index in [4.69, 9.17) is 0 Å². The number of nitrogens with one attached hydrogen (secondary N) is 2. The van der Waals surface area contributed by atoms with Crippen LogP contribution in [0, 0.1) is 0 Å². The van der Waals surface area contributed by atoms with Gasteiger partial charge in [0.05, 0.1) is 11.3 Å². The van der Waals surface area contributed by atoms with Crippen molar-refractivity contribution in [2.45, 2.75) is 17.4 Å². The molecule has 0 spiro atoms. The largest absolute Gasteiger partial charge is 0.387 e. The van der Waals surface area contributed by atoms with Crippen LogP contribution in [0.4, 0.5) is 5.69 Å². The minimum absolute atomic E-state index is 0.170. The molecule has 1 aromatic carbocycles. The van der Waals surface area contributed by atoms with Crippen molar-refractivity contribution in [2.75, 3.05) is 39.5 Å². The highest BCUT2D eigenvalue weighted by Gasteiger charge is 2.23. The summed E-state index contributed by atoms with van der Waals surface area (Å²) in [6, 6.07) is 6.61. The van der Waals surface area contributed by atoms with Crippen molar-refractivity contribution in [1.29, 1.82) is 0 Å². The Bertz CT molecular complexity index is 542. The van der Waals surface area contributed by atoms with E-state index in [1.54, 1.807) is 25.1 Å². The van der Waals surface area contributed by atoms with Crippen molar-refractivity contribution in [1.82, 2.24) is 9.62 Å². The summed E-state index contributed by atoms with van der Waals surface area (Å²) >= 11 is 0. The molecule has 0 amide bonds. The molecule has 0 aromatic heterocycles. The van der Waals surface area contributed by atoms with Gasteiger partial charge in [0.2, 0.25) is 10.0 Å². The first-order valence-corrected chi connectivity index (χ1v) is 7.80. The van der Waals surface area contributed by atoms with Gasteiger partial charge >= 0.3 is 0 Å². The first-order chi connectivity index (χ1) is 9.18. The molecule has 0 bridgehead atoms. The van der Waals surface area contributed by atoms with Gasteiger partial charge in [-0.2, -0.15) is 0 Å². The number of para-hydroxylation sites is 1. The molecular weight excluding hydrogens is 278 g/mol. The summed E-state index contributed by atoms with van der Waals surface area (Å²) in [5, 5.41) is 13.2. The lowest BCUT2D eigenvalue weighted by atomic mass is 10.1. The number of hydrogen-bond acceptors (Lipinski definition) is 5. The monoisotopic (exact) mass is 301 g/mol. The number of benzene rings is 1. The highest BCUT2D eigenvalue weighted by Crippen LogP contribution is 2.21. The van der Waals surface area contributed by atoms with Gasteiger partial charge in [-0.3, -0.25) is 0 Å². The van der Waals surface area contributed by atoms with E-state index >= 15 is 0 Å². The van der Waals surface area contributed by atoms with Gasteiger partial charge in [0, 0.05) is 13.1 Å². The molecule has 114 valence electrons. The summed E-state index contributed by atoms with van der Waals surface area (Å²) in [7, 11) is 1.58. The molecule has 6 nitrogen and oxygen atoms in total. The van der Waals surface area contributed by atoms with E-state index in [2.05, 4.69) is 10.0 Å². The van der Waals surface area contributed by atoms with Crippen molar-refractivity contribution in [3.63, 3.8) is 0 Å². The van der Waals surface area contributed by atoms with E-state index in [1.807, 2.05) is 19.0 Å². The van der Waals surface area contributed by atoms with Gasteiger partial charge in [-0.1, -0.05) is 12.1 Å². The Morgan fingerprint density at radius 1 is 1.30 bits per heavy atom. The Morgan fingerprint density at radius 2 is 1.90 bits per heavy atom. The summed E-state index contributed by atoms with van der Waals surface area (Å²) in [5.74, 6) is 0. The standard InChI is InChI=1S/C13H23N3O3S/c1-13(17,10-16(3)4)9-15-11-7-5-6-8-12(11)20(18,19)14-2/h5-8,14-15,17H,9-10H2,1-4H3. The molecule has 1 unspecified atom stereocenters. The Morgan fingerprint density at radius 3 is 2.45 bits per heavy atom. The van der Waals surface area contributed by atoms with Gasteiger partial charge < -0.3 is 15.3 Å². The minimum atomic E-state index is -3.52. The second-order valence-corrected chi connectivity index (χ2v) is 7.15. The quantitative estimate of drug-likeness (QED) is 0.676. The van der Waals surface area contributed by atoms with Crippen molar-refractivity contribution in [3.8, 4) is 0 Å². The number of nitrogens with zero attached hydrogens (tertiary/aromatic N) is 1. The average molecular weight is 301 g/mol. The fourth-order valence-electron chi connectivity index (χ4n) is 1.98. The summed E-state index contributed by atoms with van der Waals surface area (Å²) < 4.78 is 26.1. The fourth-order valence-corrected chi connectivity index (χ4v) is 2.89. The SMILES string of the molecule is CNS(=O)(=O)c1ccccc1NCC(C)(O)CN(C)C. The zero-order valence-electron chi connectivity index (χ0n) is 12.3. The van der Waals surface area contributed by atoms with Crippen molar-refractivity contribution in [3.05, 3.63) is 24.3 Å². The number of sulfonamides is 1. The first-order valence-electron chi connectivity index (χ1n) is 6.31. The number of aliphatic hydroxyl groups is 1. The van der Waals surface area contributed by atoms with Crippen LogP contribution in [-0.2, 0) is 10.0 Å². The smallest absolute Gasteiger partial charge is 0.242 e. The molecule has 0 fully saturated rings. The Balaban J connectivity index is 2.89. The van der Waals surface area contributed by atoms with Crippen LogP contribution in [0.5, 0.6) is 0 Å². The van der Waals surface area contributed by atoms with Crippen LogP contribution >= 0.6 is 0 Å². The summed E-state index contributed by atoms with van der Waals surface area (Å²) in [6.07, 6.45) is 0. The van der Waals surface area contributed by atoms with E-state index in [9.17, 15) is 13.5 Å². The normalized spacial score (nSPS) is 15.1. The molecule has 1 atom stereocenters. The molecule has 1 aromatic rings. The molecule has 0 radical (unpaired) electrons. The fraction of sp³-hybridized carbons (Fsp3) is 0.538. The number of rotatable bonds is 7. The molecule has 0 aliphatic heterocycles. The predicted molar refractivity (Wildman–Crippen MR) is 80.4 cm³/mol. The topological polar surface area (TPSA) is 81.7 Å². The van der Waals surface area contributed by atoms with Gasteiger partial charge in [0.25, 0.3) is 0 Å². The lowest BCUT2D eigenvalue weighted by Crippen LogP contribution is -2.43. The molecule has 0 aliphatic carbocycles. The highest BCUT2D eigenvalue weighted by molar-refractivity contribution is 7.89. The summed E-state index contributed by atoms with van der Waals surface area (Å²) in [6.45, 7) is 2.43. The van der Waals surface area contributed by atoms with Gasteiger partial charge in [0.1, 0.15) is 4.90 Å². The molecular formula is C13H23N3O3S. The van der Waals surface area contributed by atoms with Crippen LogP contribution in [-0.4, -0.2) is 58.3 Å². The van der Waals surface area contributed by atoms with Crippen LogP contribution in [0.15, 0.2) is 29.2 Å². The Hall–Kier alpha value is -1.15. The van der Waals surface area contributed by atoms with E-state index in [-0.39, 0.29) is 11.4 Å². The third-order valence-electron chi connectivity index (χ3n) is 2.76. The molecule has 20 heavy (non-hydrogen) atoms. The van der Waals surface area contributed by atoms with E-state index < -0.39 is 15.6 Å². The van der Waals surface area contributed by atoms with Gasteiger partial charge in [0.15, 0.2) is 0 Å². The predicted octanol–water partition coefficient (Wildman–Crippen LogP) is 0.319. The Kier molecular flexibility index (Phi) is 5.52. The lowest BCUT2D eigenvalue weighted by Gasteiger charge is -2.28. The van der Waals surface area contributed by atoms with Crippen LogP contribution < -0.4 is 10.0 Å². The van der Waals surface area contributed by atoms with Crippen molar-refractivity contribution in [2.24, 2.45) is 0 Å². The molecule has 7 heteroatoms. The molecule has 0 saturated heterocycles. The zero-order valence-corrected chi connectivity index (χ0v) is 13.2. The Labute approximate surface area is 120 Å². The maximum absolute atomic E-state index is 11.9. The third kappa shape index (κ3) is 4.75. The average Bonchev–Trinajstić information content (AvgIpc) is 2.35. The van der Waals surface area contributed by atoms with Crippen LogP contribution in [0.2, 0.25) is 0 Å². The van der Waals surface area contributed by atoms with Crippen molar-refractivity contribution < 1.29 is 13.5 Å². The summed E-state index contributed by atoms with van der Waals surface area (Å²) in [4.78, 5) is 2.04. The van der Waals surface area contributed by atoms with Gasteiger partial charge in [-0.15, -0.1) is 0 Å². The van der Waals surface area contributed by atoms with Gasteiger partial charge in [-0.25, -0.2) is 13.1 Å². The van der Waals surface area contributed by atoms with Crippen LogP contribution in [0.1, 0.15) is 6.92 Å². The third-order valence-corrected chi connectivity index (χ3v) is 4.23. The van der Waals surface area contributed by atoms with Crippen LogP contribution in [0.25, 0.3) is 0 Å². The maximum Gasteiger partial charge on any atom is 0.242 e. The molecule has 1 rings (SSSR count). The second kappa shape index (κ2) is 6.53. The first kappa shape index (κ1) is 16.9. The van der Waals surface area contributed by atoms with Crippen LogP contribution in [0.3, 0.4) is 0 Å². The highest BCUT2D eigenvalue weighted by atomic mass is 32.2. The van der Waals surface area contributed by atoms with E-state index in [1.165, 1.54) is 13.1 Å². The van der Waals surface area contributed by atoms with E-state index in [0.717, 1.165) is 0 Å². The minimum Gasteiger partial charge on any atom is -0.387 e.